The number of rotatable bonds is 5. The average Bonchev–Trinajstić information content (AvgIpc) is 3.50. The Morgan fingerprint density at radius 1 is 1.03 bits per heavy atom. The third-order valence-corrected chi connectivity index (χ3v) is 6.70. The van der Waals surface area contributed by atoms with Crippen molar-refractivity contribution in [3.05, 3.63) is 107 Å². The van der Waals surface area contributed by atoms with Crippen molar-refractivity contribution >= 4 is 29.0 Å². The van der Waals surface area contributed by atoms with E-state index >= 15 is 0 Å². The van der Waals surface area contributed by atoms with Crippen molar-refractivity contribution in [3.8, 4) is 11.3 Å². The molecule has 35 heavy (non-hydrogen) atoms. The Morgan fingerprint density at radius 2 is 1.83 bits per heavy atom. The third kappa shape index (κ3) is 4.19. The van der Waals surface area contributed by atoms with E-state index in [0.717, 1.165) is 11.4 Å². The SMILES string of the molecule is COC(=O)c1ccccc1-c1ccc([C@H]2[C@@H](c3ccccn3)NC(=S)N2c2ccc(C)c(C)c2)o1. The number of hydrogen-bond donors (Lipinski definition) is 1. The molecule has 0 aliphatic carbocycles. The second-order valence-corrected chi connectivity index (χ2v) is 8.89. The molecule has 1 aliphatic rings. The first-order valence-corrected chi connectivity index (χ1v) is 11.7. The van der Waals surface area contributed by atoms with Crippen molar-refractivity contribution in [2.24, 2.45) is 0 Å². The highest BCUT2D eigenvalue weighted by molar-refractivity contribution is 7.80. The Balaban J connectivity index is 1.62. The lowest BCUT2D eigenvalue weighted by molar-refractivity contribution is 0.0601. The van der Waals surface area contributed by atoms with Crippen molar-refractivity contribution in [2.75, 3.05) is 12.0 Å². The van der Waals surface area contributed by atoms with E-state index in [1.807, 2.05) is 42.5 Å². The Morgan fingerprint density at radius 3 is 2.57 bits per heavy atom. The molecule has 0 bridgehead atoms. The molecule has 1 aliphatic heterocycles. The van der Waals surface area contributed by atoms with Crippen LogP contribution in [-0.4, -0.2) is 23.2 Å². The molecule has 0 amide bonds. The third-order valence-electron chi connectivity index (χ3n) is 6.38. The maximum Gasteiger partial charge on any atom is 0.338 e. The zero-order valence-corrected chi connectivity index (χ0v) is 20.5. The number of aryl methyl sites for hydroxylation is 2. The Kier molecular flexibility index (Phi) is 6.09. The fourth-order valence-corrected chi connectivity index (χ4v) is 4.79. The highest BCUT2D eigenvalue weighted by atomic mass is 32.1. The summed E-state index contributed by atoms with van der Waals surface area (Å²) in [5.41, 5.74) is 5.34. The van der Waals surface area contributed by atoms with Gasteiger partial charge in [-0.15, -0.1) is 0 Å². The van der Waals surface area contributed by atoms with Gasteiger partial charge in [-0.05, 0) is 79.7 Å². The maximum atomic E-state index is 12.3. The van der Waals surface area contributed by atoms with Gasteiger partial charge in [0.25, 0.3) is 0 Å². The van der Waals surface area contributed by atoms with Crippen molar-refractivity contribution in [1.82, 2.24) is 10.3 Å². The minimum Gasteiger partial charge on any atom is -0.465 e. The van der Waals surface area contributed by atoms with E-state index in [4.69, 9.17) is 21.4 Å². The number of ether oxygens (including phenoxy) is 1. The van der Waals surface area contributed by atoms with Gasteiger partial charge in [0.1, 0.15) is 17.6 Å². The number of hydrogen-bond acceptors (Lipinski definition) is 5. The lowest BCUT2D eigenvalue weighted by Gasteiger charge is -2.26. The number of carbonyl (C=O) groups excluding carboxylic acids is 1. The molecule has 0 radical (unpaired) electrons. The minimum absolute atomic E-state index is 0.222. The van der Waals surface area contributed by atoms with Crippen LogP contribution in [0.15, 0.2) is 83.4 Å². The number of carbonyl (C=O) groups is 1. The molecule has 2 atom stereocenters. The molecule has 1 fully saturated rings. The van der Waals surface area contributed by atoms with Gasteiger partial charge in [0.15, 0.2) is 5.11 Å². The van der Waals surface area contributed by atoms with Crippen molar-refractivity contribution in [1.29, 1.82) is 0 Å². The lowest BCUT2D eigenvalue weighted by atomic mass is 10.0. The van der Waals surface area contributed by atoms with Crippen molar-refractivity contribution < 1.29 is 13.9 Å². The predicted molar refractivity (Wildman–Crippen MR) is 139 cm³/mol. The molecule has 0 saturated carbocycles. The van der Waals surface area contributed by atoms with Gasteiger partial charge in [-0.1, -0.05) is 30.3 Å². The number of nitrogens with one attached hydrogen (secondary N) is 1. The first-order chi connectivity index (χ1) is 17.0. The van der Waals surface area contributed by atoms with Gasteiger partial charge in [-0.25, -0.2) is 4.79 Å². The van der Waals surface area contributed by atoms with Crippen LogP contribution in [0.25, 0.3) is 11.3 Å². The first kappa shape index (κ1) is 22.8. The molecular weight excluding hydrogens is 458 g/mol. The van der Waals surface area contributed by atoms with E-state index in [9.17, 15) is 4.79 Å². The van der Waals surface area contributed by atoms with Gasteiger partial charge < -0.3 is 19.4 Å². The number of methoxy groups -OCH3 is 1. The van der Waals surface area contributed by atoms with Crippen LogP contribution in [0.5, 0.6) is 0 Å². The summed E-state index contributed by atoms with van der Waals surface area (Å²) >= 11 is 5.81. The standard InChI is InChI=1S/C28H25N3O3S/c1-17-11-12-19(16-18(17)2)31-26(25(30-28(31)35)22-10-6-7-15-29-22)24-14-13-23(34-24)20-8-4-5-9-21(20)27(32)33-3/h4-16,25-26H,1-3H3,(H,30,35)/t25-,26+/m1/s1. The number of anilines is 1. The quantitative estimate of drug-likeness (QED) is 0.279. The molecule has 1 saturated heterocycles. The Labute approximate surface area is 209 Å². The molecule has 7 heteroatoms. The molecule has 2 aromatic carbocycles. The Bertz CT molecular complexity index is 1400. The summed E-state index contributed by atoms with van der Waals surface area (Å²) < 4.78 is 11.4. The van der Waals surface area contributed by atoms with Crippen LogP contribution in [-0.2, 0) is 4.74 Å². The summed E-state index contributed by atoms with van der Waals surface area (Å²) in [6.45, 7) is 4.18. The highest BCUT2D eigenvalue weighted by Crippen LogP contribution is 2.43. The van der Waals surface area contributed by atoms with Crippen LogP contribution in [0.1, 0.15) is 45.0 Å². The van der Waals surface area contributed by atoms with Crippen LogP contribution < -0.4 is 10.2 Å². The zero-order valence-electron chi connectivity index (χ0n) is 19.7. The Hall–Kier alpha value is -3.97. The van der Waals surface area contributed by atoms with E-state index in [-0.39, 0.29) is 12.1 Å². The molecule has 3 heterocycles. The molecule has 176 valence electrons. The van der Waals surface area contributed by atoms with E-state index in [1.54, 1.807) is 18.3 Å². The van der Waals surface area contributed by atoms with E-state index in [2.05, 4.69) is 47.2 Å². The summed E-state index contributed by atoms with van der Waals surface area (Å²) in [5.74, 6) is 0.880. The highest BCUT2D eigenvalue weighted by Gasteiger charge is 2.42. The van der Waals surface area contributed by atoms with Crippen LogP contribution in [0.2, 0.25) is 0 Å². The van der Waals surface area contributed by atoms with Crippen LogP contribution in [0.3, 0.4) is 0 Å². The number of pyridine rings is 1. The maximum absolute atomic E-state index is 12.3. The van der Waals surface area contributed by atoms with Crippen LogP contribution in [0, 0.1) is 13.8 Å². The van der Waals surface area contributed by atoms with Crippen molar-refractivity contribution in [2.45, 2.75) is 25.9 Å². The van der Waals surface area contributed by atoms with Gasteiger partial charge >= 0.3 is 5.97 Å². The topological polar surface area (TPSA) is 67.6 Å². The molecule has 2 aromatic heterocycles. The number of furan rings is 1. The summed E-state index contributed by atoms with van der Waals surface area (Å²) in [4.78, 5) is 19.0. The lowest BCUT2D eigenvalue weighted by Crippen LogP contribution is -2.29. The smallest absolute Gasteiger partial charge is 0.338 e. The first-order valence-electron chi connectivity index (χ1n) is 11.3. The second kappa shape index (κ2) is 9.35. The summed E-state index contributed by atoms with van der Waals surface area (Å²) in [7, 11) is 1.37. The molecule has 0 spiro atoms. The fourth-order valence-electron chi connectivity index (χ4n) is 4.44. The van der Waals surface area contributed by atoms with Crippen LogP contribution in [0.4, 0.5) is 5.69 Å². The molecule has 1 N–H and O–H groups in total. The van der Waals surface area contributed by atoms with Gasteiger partial charge in [0.05, 0.1) is 24.4 Å². The van der Waals surface area contributed by atoms with Gasteiger partial charge in [-0.2, -0.15) is 0 Å². The van der Waals surface area contributed by atoms with Gasteiger partial charge in [-0.3, -0.25) is 4.98 Å². The van der Waals surface area contributed by atoms with Gasteiger partial charge in [0, 0.05) is 17.4 Å². The normalized spacial score (nSPS) is 17.3. The molecule has 5 rings (SSSR count). The number of aromatic nitrogens is 1. The monoisotopic (exact) mass is 483 g/mol. The summed E-state index contributed by atoms with van der Waals surface area (Å²) in [6, 6.07) is 22.7. The molecule has 6 nitrogen and oxygen atoms in total. The van der Waals surface area contributed by atoms with E-state index < -0.39 is 5.97 Å². The average molecular weight is 484 g/mol. The van der Waals surface area contributed by atoms with Crippen molar-refractivity contribution in [3.63, 3.8) is 0 Å². The van der Waals surface area contributed by atoms with E-state index in [1.165, 1.54) is 18.2 Å². The number of benzene rings is 2. The van der Waals surface area contributed by atoms with E-state index in [0.29, 0.717) is 27.8 Å². The molecule has 4 aromatic rings. The second-order valence-electron chi connectivity index (χ2n) is 8.50. The number of esters is 1. The largest absolute Gasteiger partial charge is 0.465 e. The number of nitrogens with zero attached hydrogens (tertiary/aromatic N) is 2. The minimum atomic E-state index is -0.412. The molecular formula is C28H25N3O3S. The predicted octanol–water partition coefficient (Wildman–Crippen LogP) is 5.92. The number of thiocarbonyl (C=S) groups is 1. The molecule has 0 unspecified atom stereocenters. The fraction of sp³-hybridized carbons (Fsp3) is 0.179. The summed E-state index contributed by atoms with van der Waals surface area (Å²) in [5, 5.41) is 4.05. The van der Waals surface area contributed by atoms with Gasteiger partial charge in [0.2, 0.25) is 0 Å². The summed E-state index contributed by atoms with van der Waals surface area (Å²) in [6.07, 6.45) is 1.77. The zero-order chi connectivity index (χ0) is 24.5. The van der Waals surface area contributed by atoms with Crippen LogP contribution >= 0.6 is 12.2 Å².